The number of imidazole rings is 1. The van der Waals surface area contributed by atoms with Crippen LogP contribution in [0.4, 0.5) is 27.5 Å². The largest absolute Gasteiger partial charge is 0.374 e. The van der Waals surface area contributed by atoms with Gasteiger partial charge >= 0.3 is 6.03 Å². The van der Waals surface area contributed by atoms with Crippen molar-refractivity contribution in [3.8, 4) is 0 Å². The number of hydrogen-bond donors (Lipinski definition) is 3. The van der Waals surface area contributed by atoms with Gasteiger partial charge in [0.1, 0.15) is 18.4 Å². The van der Waals surface area contributed by atoms with Crippen molar-refractivity contribution in [2.75, 3.05) is 22.1 Å². The van der Waals surface area contributed by atoms with Crippen LogP contribution in [0.15, 0.2) is 193 Å². The first-order valence-electron chi connectivity index (χ1n) is 22.6. The Morgan fingerprint density at radius 2 is 1.37 bits per heavy atom. The lowest BCUT2D eigenvalue weighted by Crippen LogP contribution is -2.41. The summed E-state index contributed by atoms with van der Waals surface area (Å²) in [6.45, 7) is 1.79. The number of hydrazone groups is 1. The molecule has 1 aliphatic carbocycles. The third-order valence-corrected chi connectivity index (χ3v) is 13.0. The Kier molecular flexibility index (Phi) is 11.5. The number of aromatic amines is 1. The van der Waals surface area contributed by atoms with Crippen LogP contribution < -0.4 is 15.5 Å². The Bertz CT molecular complexity index is 2850. The predicted molar refractivity (Wildman–Crippen MR) is 262 cm³/mol. The molecule has 8 aromatic rings. The summed E-state index contributed by atoms with van der Waals surface area (Å²) in [7, 11) is 0. The maximum atomic E-state index is 15.2. The molecule has 65 heavy (non-hydrogen) atoms. The normalized spacial score (nSPS) is 14.9. The number of benzene rings is 7. The highest BCUT2D eigenvalue weighted by Gasteiger charge is 2.46. The number of rotatable bonds is 12. The zero-order valence-corrected chi connectivity index (χ0v) is 36.4. The van der Waals surface area contributed by atoms with Crippen LogP contribution in [0, 0.1) is 12.8 Å². The van der Waals surface area contributed by atoms with E-state index >= 15 is 4.79 Å². The van der Waals surface area contributed by atoms with Crippen molar-refractivity contribution < 1.29 is 9.59 Å². The number of fused-ring (bicyclic) bond motifs is 2. The fraction of sp³-hybridized carbons (Fsp3) is 0.179. The molecular formula is C56H51N7O2. The molecule has 3 amide bonds. The summed E-state index contributed by atoms with van der Waals surface area (Å²) < 4.78 is 0. The fourth-order valence-corrected chi connectivity index (χ4v) is 9.97. The molecule has 9 nitrogen and oxygen atoms in total. The average molecular weight is 854 g/mol. The number of amides is 3. The summed E-state index contributed by atoms with van der Waals surface area (Å²) in [6, 6.07) is 58.9. The van der Waals surface area contributed by atoms with E-state index < -0.39 is 17.5 Å². The van der Waals surface area contributed by atoms with Crippen molar-refractivity contribution >= 4 is 51.2 Å². The molecule has 1 aromatic heterocycles. The number of carbonyl (C=O) groups is 2. The quantitative estimate of drug-likeness (QED) is 0.106. The molecule has 1 aliphatic heterocycles. The van der Waals surface area contributed by atoms with Crippen LogP contribution in [0.5, 0.6) is 0 Å². The standard InChI is InChI=1S/C56H51N7O2/c1-39-29-34-48-50(37-39)63(55(65)62(61-52(48)41-18-6-2-7-19-41)38-51(64)60-49-28-16-20-40-17-14-15-27-47(40)49)46-32-30-45(31-33-46)59-53(54-57-35-36-58-54)56(42-21-8-3-9-22-42,43-23-10-4-11-24-43)44-25-12-5-13-26-44/h3-5,8-17,20-37,41,53,59H,2,6-7,18-19,38H2,1H3,(H,57,58)(H,60,64). The number of aromatic nitrogens is 2. The lowest BCUT2D eigenvalue weighted by molar-refractivity contribution is -0.116. The second-order valence-electron chi connectivity index (χ2n) is 17.1. The van der Waals surface area contributed by atoms with Gasteiger partial charge in [0.2, 0.25) is 5.91 Å². The predicted octanol–water partition coefficient (Wildman–Crippen LogP) is 12.6. The third kappa shape index (κ3) is 8.06. The van der Waals surface area contributed by atoms with Crippen LogP contribution in [-0.4, -0.2) is 39.2 Å². The van der Waals surface area contributed by atoms with Gasteiger partial charge in [-0.25, -0.2) is 14.8 Å². The van der Waals surface area contributed by atoms with Gasteiger partial charge in [0.25, 0.3) is 0 Å². The average Bonchev–Trinajstić information content (AvgIpc) is 3.87. The zero-order valence-electron chi connectivity index (χ0n) is 36.4. The van der Waals surface area contributed by atoms with E-state index in [9.17, 15) is 4.79 Å². The summed E-state index contributed by atoms with van der Waals surface area (Å²) in [5, 5.41) is 15.5. The Morgan fingerprint density at radius 3 is 2.02 bits per heavy atom. The molecule has 2 heterocycles. The molecule has 1 atom stereocenters. The van der Waals surface area contributed by atoms with E-state index in [-0.39, 0.29) is 18.4 Å². The van der Waals surface area contributed by atoms with Crippen LogP contribution in [-0.2, 0) is 10.2 Å². The van der Waals surface area contributed by atoms with Crippen molar-refractivity contribution in [1.29, 1.82) is 0 Å². The number of hydrogen-bond acceptors (Lipinski definition) is 5. The highest BCUT2D eigenvalue weighted by molar-refractivity contribution is 6.15. The highest BCUT2D eigenvalue weighted by Crippen LogP contribution is 2.49. The van der Waals surface area contributed by atoms with Gasteiger partial charge in [-0.1, -0.05) is 159 Å². The van der Waals surface area contributed by atoms with Crippen molar-refractivity contribution in [3.05, 3.63) is 222 Å². The van der Waals surface area contributed by atoms with Crippen LogP contribution >= 0.6 is 0 Å². The van der Waals surface area contributed by atoms with Crippen LogP contribution in [0.25, 0.3) is 10.8 Å². The first-order chi connectivity index (χ1) is 32.0. The van der Waals surface area contributed by atoms with Gasteiger partial charge in [-0.05, 0) is 83.8 Å². The van der Waals surface area contributed by atoms with Gasteiger partial charge in [-0.15, -0.1) is 0 Å². The molecule has 0 bridgehead atoms. The summed E-state index contributed by atoms with van der Waals surface area (Å²) in [5.41, 5.74) is 8.27. The minimum absolute atomic E-state index is 0.158. The van der Waals surface area contributed by atoms with E-state index in [0.717, 1.165) is 87.2 Å². The third-order valence-electron chi connectivity index (χ3n) is 13.0. The van der Waals surface area contributed by atoms with E-state index in [1.165, 1.54) is 11.4 Å². The van der Waals surface area contributed by atoms with Crippen LogP contribution in [0.2, 0.25) is 0 Å². The Hall–Kier alpha value is -7.78. The molecule has 0 radical (unpaired) electrons. The summed E-state index contributed by atoms with van der Waals surface area (Å²) >= 11 is 0. The smallest absolute Gasteiger partial charge is 0.350 e. The first kappa shape index (κ1) is 41.2. The number of urea groups is 1. The minimum Gasteiger partial charge on any atom is -0.374 e. The Morgan fingerprint density at radius 1 is 0.738 bits per heavy atom. The Labute approximate surface area is 379 Å². The monoisotopic (exact) mass is 853 g/mol. The van der Waals surface area contributed by atoms with E-state index in [4.69, 9.17) is 10.1 Å². The molecule has 0 saturated heterocycles. The first-order valence-corrected chi connectivity index (χ1v) is 22.6. The van der Waals surface area contributed by atoms with E-state index in [0.29, 0.717) is 11.4 Å². The molecule has 3 N–H and O–H groups in total. The highest BCUT2D eigenvalue weighted by atomic mass is 16.2. The van der Waals surface area contributed by atoms with Crippen molar-refractivity contribution in [1.82, 2.24) is 15.0 Å². The molecule has 322 valence electrons. The number of H-pyrrole nitrogens is 1. The lowest BCUT2D eigenvalue weighted by atomic mass is 9.64. The number of aryl methyl sites for hydroxylation is 1. The maximum absolute atomic E-state index is 15.2. The molecule has 9 heteroatoms. The lowest BCUT2D eigenvalue weighted by Gasteiger charge is -2.42. The van der Waals surface area contributed by atoms with Gasteiger partial charge in [-0.2, -0.15) is 5.10 Å². The van der Waals surface area contributed by atoms with Gasteiger partial charge in [0, 0.05) is 40.6 Å². The number of carbonyl (C=O) groups excluding carboxylic acids is 2. The van der Waals surface area contributed by atoms with Gasteiger partial charge in [0.15, 0.2) is 0 Å². The fourth-order valence-electron chi connectivity index (χ4n) is 9.97. The summed E-state index contributed by atoms with van der Waals surface area (Å²) in [4.78, 5) is 39.3. The second kappa shape index (κ2) is 18.1. The SMILES string of the molecule is Cc1ccc2c(c1)N(c1ccc(NC(c3ncc[nH]3)C(c3ccccc3)(c3ccccc3)c3ccccc3)cc1)C(=O)N(CC(=O)Nc1cccc3ccccc13)N=C2C1CCCCC1. The molecular weight excluding hydrogens is 803 g/mol. The minimum atomic E-state index is -0.739. The molecule has 7 aromatic carbocycles. The van der Waals surface area contributed by atoms with E-state index in [1.54, 1.807) is 11.1 Å². The second-order valence-corrected chi connectivity index (χ2v) is 17.1. The maximum Gasteiger partial charge on any atom is 0.350 e. The molecule has 1 saturated carbocycles. The van der Waals surface area contributed by atoms with Crippen LogP contribution in [0.1, 0.15) is 71.8 Å². The topological polar surface area (TPSA) is 106 Å². The number of nitrogens with one attached hydrogen (secondary N) is 3. The molecule has 0 spiro atoms. The van der Waals surface area contributed by atoms with Crippen LogP contribution in [0.3, 0.4) is 0 Å². The number of nitrogens with zero attached hydrogens (tertiary/aromatic N) is 4. The zero-order chi connectivity index (χ0) is 44.2. The molecule has 10 rings (SSSR count). The van der Waals surface area contributed by atoms with Gasteiger partial charge < -0.3 is 15.6 Å². The molecule has 1 unspecified atom stereocenters. The van der Waals surface area contributed by atoms with Gasteiger partial charge in [0.05, 0.1) is 22.5 Å². The summed E-state index contributed by atoms with van der Waals surface area (Å²) in [6.07, 6.45) is 8.97. The van der Waals surface area contributed by atoms with Crippen molar-refractivity contribution in [2.24, 2.45) is 11.0 Å². The van der Waals surface area contributed by atoms with E-state index in [2.05, 4.69) is 107 Å². The number of anilines is 4. The summed E-state index contributed by atoms with van der Waals surface area (Å²) in [5.74, 6) is 0.596. The molecule has 2 aliphatic rings. The van der Waals surface area contributed by atoms with E-state index in [1.807, 2.05) is 98.0 Å². The Balaban J connectivity index is 1.05. The van der Waals surface area contributed by atoms with Gasteiger partial charge in [-0.3, -0.25) is 9.69 Å². The molecule has 1 fully saturated rings. The van der Waals surface area contributed by atoms with Crippen molar-refractivity contribution in [3.63, 3.8) is 0 Å². The van der Waals surface area contributed by atoms with Crippen molar-refractivity contribution in [2.45, 2.75) is 50.5 Å².